The van der Waals surface area contributed by atoms with Crippen LogP contribution in [0.1, 0.15) is 46.0 Å². The third kappa shape index (κ3) is 6.58. The van der Waals surface area contributed by atoms with Gasteiger partial charge in [0.25, 0.3) is 0 Å². The fraction of sp³-hybridized carbons (Fsp3) is 0.733. The summed E-state index contributed by atoms with van der Waals surface area (Å²) in [5, 5.41) is 8.32. The number of ether oxygens (including phenoxy) is 1. The topological polar surface area (TPSA) is 63.6 Å². The number of carbonyl (C=O) groups excluding carboxylic acids is 1. The minimum Gasteiger partial charge on any atom is -0.478 e. The van der Waals surface area contributed by atoms with Crippen LogP contribution in [0, 0.1) is 5.92 Å². The molecule has 4 nitrogen and oxygen atoms in total. The van der Waals surface area contributed by atoms with Crippen LogP contribution in [0.4, 0.5) is 26.3 Å². The molecule has 0 heterocycles. The molecule has 1 atom stereocenters. The van der Waals surface area contributed by atoms with Crippen molar-refractivity contribution in [3.05, 3.63) is 12.2 Å². The second kappa shape index (κ2) is 9.10. The summed E-state index contributed by atoms with van der Waals surface area (Å²) in [6, 6.07) is 0. The Bertz CT molecular complexity index is 467. The minimum atomic E-state index is -5.91. The van der Waals surface area contributed by atoms with Crippen molar-refractivity contribution >= 4 is 11.9 Å². The molecule has 0 amide bonds. The van der Waals surface area contributed by atoms with E-state index >= 15 is 0 Å². The molecule has 0 aliphatic heterocycles. The summed E-state index contributed by atoms with van der Waals surface area (Å²) >= 11 is 0. The van der Waals surface area contributed by atoms with Gasteiger partial charge in [0.1, 0.15) is 0 Å². The number of hydrogen-bond acceptors (Lipinski definition) is 3. The van der Waals surface area contributed by atoms with Crippen LogP contribution in [0.2, 0.25) is 0 Å². The van der Waals surface area contributed by atoms with Crippen molar-refractivity contribution in [2.45, 2.75) is 63.9 Å². The number of rotatable bonds is 9. The first-order chi connectivity index (χ1) is 11.3. The van der Waals surface area contributed by atoms with Gasteiger partial charge in [0.05, 0.1) is 0 Å². The van der Waals surface area contributed by atoms with Crippen LogP contribution in [-0.2, 0) is 14.3 Å². The number of unbranched alkanes of at least 4 members (excludes halogenated alkanes) is 1. The van der Waals surface area contributed by atoms with Gasteiger partial charge in [0, 0.05) is 18.6 Å². The number of carboxylic acid groups (broad SMARTS) is 1. The van der Waals surface area contributed by atoms with E-state index in [4.69, 9.17) is 5.11 Å². The number of halogens is 6. The van der Waals surface area contributed by atoms with Crippen molar-refractivity contribution in [1.82, 2.24) is 0 Å². The van der Waals surface area contributed by atoms with E-state index < -0.39 is 42.2 Å². The van der Waals surface area contributed by atoms with Gasteiger partial charge in [-0.15, -0.1) is 0 Å². The molecule has 0 spiro atoms. The highest BCUT2D eigenvalue weighted by molar-refractivity contribution is 5.91. The number of alkyl halides is 6. The van der Waals surface area contributed by atoms with E-state index in [2.05, 4.69) is 4.74 Å². The normalized spacial score (nSPS) is 14.6. The smallest absolute Gasteiger partial charge is 0.437 e. The molecule has 0 aromatic heterocycles. The molecular formula is C15H20F6O4. The third-order valence-corrected chi connectivity index (χ3v) is 3.67. The van der Waals surface area contributed by atoms with Crippen molar-refractivity contribution in [3.8, 4) is 0 Å². The number of carbonyl (C=O) groups is 2. The van der Waals surface area contributed by atoms with Gasteiger partial charge in [-0.1, -0.05) is 39.5 Å². The summed E-state index contributed by atoms with van der Waals surface area (Å²) in [5.41, 5.74) is -4.69. The predicted molar refractivity (Wildman–Crippen MR) is 75.6 cm³/mol. The first-order valence-electron chi connectivity index (χ1n) is 7.58. The van der Waals surface area contributed by atoms with E-state index in [1.165, 1.54) is 6.92 Å². The third-order valence-electron chi connectivity index (χ3n) is 3.67. The minimum absolute atomic E-state index is 0.0154. The standard InChI is InChI=1S/C15H20F6O4/c1-3-5-6-10(4-2)9-13(14(16,17)18,15(19,20)21)25-12(24)8-7-11(22)23/h7-8,10H,3-6,9H2,1-2H3,(H,22,23). The number of carboxylic acids is 1. The molecule has 1 N–H and O–H groups in total. The van der Waals surface area contributed by atoms with Gasteiger partial charge >= 0.3 is 29.9 Å². The average molecular weight is 378 g/mol. The van der Waals surface area contributed by atoms with E-state index in [9.17, 15) is 35.9 Å². The van der Waals surface area contributed by atoms with Crippen LogP contribution in [0.5, 0.6) is 0 Å². The number of hydrogen-bond donors (Lipinski definition) is 1. The van der Waals surface area contributed by atoms with E-state index in [0.717, 1.165) is 0 Å². The summed E-state index contributed by atoms with van der Waals surface area (Å²) in [6.07, 6.45) is -12.0. The molecule has 0 aliphatic carbocycles. The Morgan fingerprint density at radius 1 is 1.04 bits per heavy atom. The molecule has 25 heavy (non-hydrogen) atoms. The van der Waals surface area contributed by atoms with E-state index in [-0.39, 0.29) is 25.0 Å². The van der Waals surface area contributed by atoms with Crippen LogP contribution in [0.15, 0.2) is 12.2 Å². The number of aliphatic carboxylic acids is 1. The maximum atomic E-state index is 13.3. The Labute approximate surface area is 140 Å². The maximum absolute atomic E-state index is 13.3. The number of esters is 1. The van der Waals surface area contributed by atoms with Crippen molar-refractivity contribution in [3.63, 3.8) is 0 Å². The van der Waals surface area contributed by atoms with Crippen LogP contribution < -0.4 is 0 Å². The first-order valence-corrected chi connectivity index (χ1v) is 7.58. The van der Waals surface area contributed by atoms with Gasteiger partial charge in [0.2, 0.25) is 0 Å². The second-order valence-electron chi connectivity index (χ2n) is 5.54. The zero-order chi connectivity index (χ0) is 19.9. The lowest BCUT2D eigenvalue weighted by Crippen LogP contribution is -2.60. The van der Waals surface area contributed by atoms with Crippen LogP contribution in [0.25, 0.3) is 0 Å². The second-order valence-corrected chi connectivity index (χ2v) is 5.54. The first kappa shape index (κ1) is 23.3. The fourth-order valence-corrected chi connectivity index (χ4v) is 2.24. The van der Waals surface area contributed by atoms with Gasteiger partial charge in [-0.25, -0.2) is 9.59 Å². The molecule has 0 rings (SSSR count). The van der Waals surface area contributed by atoms with Gasteiger partial charge in [0.15, 0.2) is 0 Å². The largest absolute Gasteiger partial charge is 0.478 e. The van der Waals surface area contributed by atoms with Gasteiger partial charge in [-0.3, -0.25) is 0 Å². The summed E-state index contributed by atoms with van der Waals surface area (Å²) < 4.78 is 83.7. The van der Waals surface area contributed by atoms with Crippen LogP contribution in [-0.4, -0.2) is 35.0 Å². The van der Waals surface area contributed by atoms with Gasteiger partial charge < -0.3 is 9.84 Å². The predicted octanol–water partition coefficient (Wildman–Crippen LogP) is 4.64. The lowest BCUT2D eigenvalue weighted by Gasteiger charge is -2.38. The molecule has 0 fully saturated rings. The zero-order valence-electron chi connectivity index (χ0n) is 13.7. The fourth-order valence-electron chi connectivity index (χ4n) is 2.24. The molecule has 146 valence electrons. The van der Waals surface area contributed by atoms with E-state index in [1.807, 2.05) is 0 Å². The molecule has 0 aromatic rings. The quantitative estimate of drug-likeness (QED) is 0.361. The maximum Gasteiger partial charge on any atom is 0.437 e. The van der Waals surface area contributed by atoms with Crippen molar-refractivity contribution in [1.29, 1.82) is 0 Å². The molecule has 0 saturated carbocycles. The van der Waals surface area contributed by atoms with Gasteiger partial charge in [-0.2, -0.15) is 26.3 Å². The van der Waals surface area contributed by atoms with Gasteiger partial charge in [-0.05, 0) is 5.92 Å². The Balaban J connectivity index is 5.83. The Morgan fingerprint density at radius 2 is 1.56 bits per heavy atom. The zero-order valence-corrected chi connectivity index (χ0v) is 13.7. The summed E-state index contributed by atoms with van der Waals surface area (Å²) in [7, 11) is 0. The highest BCUT2D eigenvalue weighted by Gasteiger charge is 2.74. The average Bonchev–Trinajstić information content (AvgIpc) is 2.45. The summed E-state index contributed by atoms with van der Waals surface area (Å²) in [6.45, 7) is 3.19. The Hall–Kier alpha value is -1.74. The molecule has 0 aromatic carbocycles. The van der Waals surface area contributed by atoms with Crippen LogP contribution >= 0.6 is 0 Å². The molecular weight excluding hydrogens is 358 g/mol. The van der Waals surface area contributed by atoms with E-state index in [0.29, 0.717) is 12.8 Å². The molecule has 10 heteroatoms. The van der Waals surface area contributed by atoms with Crippen molar-refractivity contribution in [2.24, 2.45) is 5.92 Å². The highest BCUT2D eigenvalue weighted by Crippen LogP contribution is 2.50. The Kier molecular flexibility index (Phi) is 8.46. The molecule has 0 saturated heterocycles. The van der Waals surface area contributed by atoms with Crippen molar-refractivity contribution < 1.29 is 45.8 Å². The SMILES string of the molecule is CCCCC(CC)CC(OC(=O)C=CC(=O)O)(C(F)(F)F)C(F)(F)F. The van der Waals surface area contributed by atoms with Crippen molar-refractivity contribution in [2.75, 3.05) is 0 Å². The molecule has 0 bridgehead atoms. The lowest BCUT2D eigenvalue weighted by molar-refractivity contribution is -0.373. The monoisotopic (exact) mass is 378 g/mol. The van der Waals surface area contributed by atoms with E-state index in [1.54, 1.807) is 6.92 Å². The van der Waals surface area contributed by atoms with Crippen LogP contribution in [0.3, 0.4) is 0 Å². The highest BCUT2D eigenvalue weighted by atomic mass is 19.4. The molecule has 1 unspecified atom stereocenters. The molecule has 0 radical (unpaired) electrons. The molecule has 0 aliphatic rings. The lowest BCUT2D eigenvalue weighted by atomic mass is 9.84. The summed E-state index contributed by atoms with van der Waals surface area (Å²) in [4.78, 5) is 21.6. The Morgan fingerprint density at radius 3 is 1.92 bits per heavy atom. The summed E-state index contributed by atoms with van der Waals surface area (Å²) in [5.74, 6) is -4.71.